The molecule has 0 aromatic heterocycles. The van der Waals surface area contributed by atoms with E-state index in [1.165, 1.54) is 0 Å². The first kappa shape index (κ1) is 14.9. The number of rotatable bonds is 4. The second-order valence-electron chi connectivity index (χ2n) is 4.93. The van der Waals surface area contributed by atoms with Gasteiger partial charge in [-0.05, 0) is 43.2 Å². The van der Waals surface area contributed by atoms with Crippen LogP contribution in [0.4, 0.5) is 11.4 Å². The Labute approximate surface area is 124 Å². The molecule has 0 fully saturated rings. The molecule has 4 heteroatoms. The molecule has 0 aliphatic heterocycles. The summed E-state index contributed by atoms with van der Waals surface area (Å²) in [7, 11) is 1.55. The Morgan fingerprint density at radius 2 is 2.00 bits per heavy atom. The maximum atomic E-state index is 12.4. The van der Waals surface area contributed by atoms with E-state index in [0.29, 0.717) is 22.7 Å². The summed E-state index contributed by atoms with van der Waals surface area (Å²) in [5.41, 5.74) is 9.90. The SMILES string of the molecule is CCc1ccc(NC(=O)c2cc(C)ccc2OC)cc1N. The smallest absolute Gasteiger partial charge is 0.259 e. The third kappa shape index (κ3) is 3.34. The number of anilines is 2. The van der Waals surface area contributed by atoms with Gasteiger partial charge >= 0.3 is 0 Å². The van der Waals surface area contributed by atoms with E-state index in [0.717, 1.165) is 17.5 Å². The maximum absolute atomic E-state index is 12.4. The molecule has 3 N–H and O–H groups in total. The van der Waals surface area contributed by atoms with Crippen molar-refractivity contribution in [2.45, 2.75) is 20.3 Å². The standard InChI is InChI=1S/C17H20N2O2/c1-4-12-6-7-13(10-15(12)18)19-17(20)14-9-11(2)5-8-16(14)21-3/h5-10H,4,18H2,1-3H3,(H,19,20). The van der Waals surface area contributed by atoms with Crippen molar-refractivity contribution in [3.05, 3.63) is 53.1 Å². The Balaban J connectivity index is 2.26. The number of benzene rings is 2. The fourth-order valence-corrected chi connectivity index (χ4v) is 2.19. The first-order valence-corrected chi connectivity index (χ1v) is 6.89. The molecular formula is C17H20N2O2. The first-order chi connectivity index (χ1) is 10.0. The van der Waals surface area contributed by atoms with Crippen molar-refractivity contribution >= 4 is 17.3 Å². The molecule has 2 aromatic rings. The zero-order valence-corrected chi connectivity index (χ0v) is 12.6. The molecule has 0 bridgehead atoms. The zero-order chi connectivity index (χ0) is 15.4. The summed E-state index contributed by atoms with van der Waals surface area (Å²) in [6.45, 7) is 3.98. The Morgan fingerprint density at radius 3 is 2.62 bits per heavy atom. The predicted molar refractivity (Wildman–Crippen MR) is 85.9 cm³/mol. The maximum Gasteiger partial charge on any atom is 0.259 e. The summed E-state index contributed by atoms with van der Waals surface area (Å²) < 4.78 is 5.23. The summed E-state index contributed by atoms with van der Waals surface area (Å²) in [5.74, 6) is 0.343. The molecule has 0 saturated carbocycles. The average Bonchev–Trinajstić information content (AvgIpc) is 2.47. The van der Waals surface area contributed by atoms with Crippen molar-refractivity contribution in [2.75, 3.05) is 18.2 Å². The molecule has 0 saturated heterocycles. The monoisotopic (exact) mass is 284 g/mol. The Morgan fingerprint density at radius 1 is 1.24 bits per heavy atom. The molecule has 21 heavy (non-hydrogen) atoms. The van der Waals surface area contributed by atoms with Crippen LogP contribution >= 0.6 is 0 Å². The highest BCUT2D eigenvalue weighted by atomic mass is 16.5. The van der Waals surface area contributed by atoms with Crippen LogP contribution in [0.2, 0.25) is 0 Å². The van der Waals surface area contributed by atoms with Crippen LogP contribution in [0, 0.1) is 6.92 Å². The van der Waals surface area contributed by atoms with Crippen LogP contribution in [0.25, 0.3) is 0 Å². The highest BCUT2D eigenvalue weighted by molar-refractivity contribution is 6.06. The molecule has 0 aliphatic carbocycles. The number of aryl methyl sites for hydroxylation is 2. The van der Waals surface area contributed by atoms with E-state index in [2.05, 4.69) is 5.32 Å². The molecule has 0 aliphatic rings. The van der Waals surface area contributed by atoms with Gasteiger partial charge in [0.25, 0.3) is 5.91 Å². The Kier molecular flexibility index (Phi) is 4.48. The van der Waals surface area contributed by atoms with Crippen LogP contribution < -0.4 is 15.8 Å². The molecule has 4 nitrogen and oxygen atoms in total. The quantitative estimate of drug-likeness (QED) is 0.846. The van der Waals surface area contributed by atoms with Crippen molar-refractivity contribution < 1.29 is 9.53 Å². The van der Waals surface area contributed by atoms with E-state index in [4.69, 9.17) is 10.5 Å². The van der Waals surface area contributed by atoms with Crippen LogP contribution in [-0.4, -0.2) is 13.0 Å². The van der Waals surface area contributed by atoms with E-state index in [-0.39, 0.29) is 5.91 Å². The van der Waals surface area contributed by atoms with Gasteiger partial charge in [-0.15, -0.1) is 0 Å². The lowest BCUT2D eigenvalue weighted by Crippen LogP contribution is -2.13. The van der Waals surface area contributed by atoms with Crippen molar-refractivity contribution in [1.82, 2.24) is 0 Å². The molecule has 0 unspecified atom stereocenters. The van der Waals surface area contributed by atoms with Crippen LogP contribution in [0.1, 0.15) is 28.4 Å². The third-order valence-electron chi connectivity index (χ3n) is 3.38. The summed E-state index contributed by atoms with van der Waals surface area (Å²) in [5, 5.41) is 2.85. The number of nitrogen functional groups attached to an aromatic ring is 1. The van der Waals surface area contributed by atoms with Crippen molar-refractivity contribution in [2.24, 2.45) is 0 Å². The minimum absolute atomic E-state index is 0.209. The zero-order valence-electron chi connectivity index (χ0n) is 12.6. The Bertz CT molecular complexity index is 666. The van der Waals surface area contributed by atoms with E-state index in [1.54, 1.807) is 25.3 Å². The van der Waals surface area contributed by atoms with E-state index in [1.807, 2.05) is 32.0 Å². The molecule has 110 valence electrons. The summed E-state index contributed by atoms with van der Waals surface area (Å²) in [6.07, 6.45) is 0.867. The normalized spacial score (nSPS) is 10.2. The number of nitrogens with one attached hydrogen (secondary N) is 1. The summed E-state index contributed by atoms with van der Waals surface area (Å²) in [6, 6.07) is 11.1. The van der Waals surface area contributed by atoms with E-state index in [9.17, 15) is 4.79 Å². The summed E-state index contributed by atoms with van der Waals surface area (Å²) >= 11 is 0. The number of hydrogen-bond acceptors (Lipinski definition) is 3. The largest absolute Gasteiger partial charge is 0.496 e. The van der Waals surface area contributed by atoms with Crippen LogP contribution in [0.5, 0.6) is 5.75 Å². The van der Waals surface area contributed by atoms with Gasteiger partial charge in [0.2, 0.25) is 0 Å². The topological polar surface area (TPSA) is 64.3 Å². The van der Waals surface area contributed by atoms with Gasteiger partial charge in [0.15, 0.2) is 0 Å². The highest BCUT2D eigenvalue weighted by Crippen LogP contribution is 2.23. The van der Waals surface area contributed by atoms with Gasteiger partial charge < -0.3 is 15.8 Å². The van der Waals surface area contributed by atoms with Crippen molar-refractivity contribution in [1.29, 1.82) is 0 Å². The minimum Gasteiger partial charge on any atom is -0.496 e. The van der Waals surface area contributed by atoms with Crippen molar-refractivity contribution in [3.8, 4) is 5.75 Å². The lowest BCUT2D eigenvalue weighted by Gasteiger charge is -2.11. The lowest BCUT2D eigenvalue weighted by atomic mass is 10.1. The van der Waals surface area contributed by atoms with Gasteiger partial charge in [-0.1, -0.05) is 24.6 Å². The van der Waals surface area contributed by atoms with Crippen LogP contribution in [0.15, 0.2) is 36.4 Å². The molecule has 1 amide bonds. The number of nitrogens with two attached hydrogens (primary N) is 1. The predicted octanol–water partition coefficient (Wildman–Crippen LogP) is 3.40. The molecule has 2 rings (SSSR count). The molecule has 0 atom stereocenters. The lowest BCUT2D eigenvalue weighted by molar-refractivity contribution is 0.102. The number of hydrogen-bond donors (Lipinski definition) is 2. The van der Waals surface area contributed by atoms with Gasteiger partial charge in [-0.25, -0.2) is 0 Å². The number of carbonyl (C=O) groups excluding carboxylic acids is 1. The van der Waals surface area contributed by atoms with E-state index < -0.39 is 0 Å². The second-order valence-corrected chi connectivity index (χ2v) is 4.93. The van der Waals surface area contributed by atoms with Crippen molar-refractivity contribution in [3.63, 3.8) is 0 Å². The second kappa shape index (κ2) is 6.31. The number of methoxy groups -OCH3 is 1. The highest BCUT2D eigenvalue weighted by Gasteiger charge is 2.13. The third-order valence-corrected chi connectivity index (χ3v) is 3.38. The van der Waals surface area contributed by atoms with Gasteiger partial charge in [-0.2, -0.15) is 0 Å². The van der Waals surface area contributed by atoms with E-state index >= 15 is 0 Å². The van der Waals surface area contributed by atoms with Gasteiger partial charge in [-0.3, -0.25) is 4.79 Å². The van der Waals surface area contributed by atoms with Gasteiger partial charge in [0, 0.05) is 11.4 Å². The number of carbonyl (C=O) groups is 1. The Hall–Kier alpha value is -2.49. The minimum atomic E-state index is -0.209. The molecular weight excluding hydrogens is 264 g/mol. The van der Waals surface area contributed by atoms with Crippen LogP contribution in [-0.2, 0) is 6.42 Å². The number of ether oxygens (including phenoxy) is 1. The first-order valence-electron chi connectivity index (χ1n) is 6.89. The number of amides is 1. The molecule has 0 radical (unpaired) electrons. The summed E-state index contributed by atoms with van der Waals surface area (Å²) in [4.78, 5) is 12.4. The molecule has 0 spiro atoms. The fourth-order valence-electron chi connectivity index (χ4n) is 2.19. The van der Waals surface area contributed by atoms with Gasteiger partial charge in [0.05, 0.1) is 12.7 Å². The van der Waals surface area contributed by atoms with Crippen LogP contribution in [0.3, 0.4) is 0 Å². The molecule has 0 heterocycles. The van der Waals surface area contributed by atoms with Gasteiger partial charge in [0.1, 0.15) is 5.75 Å². The fraction of sp³-hybridized carbons (Fsp3) is 0.235. The molecule has 2 aromatic carbocycles. The average molecular weight is 284 g/mol.